The first-order chi connectivity index (χ1) is 9.51. The summed E-state index contributed by atoms with van der Waals surface area (Å²) in [6.45, 7) is 3.88. The van der Waals surface area contributed by atoms with Gasteiger partial charge in [0.05, 0.1) is 0 Å². The first-order valence-corrected chi connectivity index (χ1v) is 6.60. The van der Waals surface area contributed by atoms with Gasteiger partial charge in [-0.15, -0.1) is 0 Å². The maximum absolute atomic E-state index is 9.40. The van der Waals surface area contributed by atoms with Gasteiger partial charge < -0.3 is 9.67 Å². The lowest BCUT2D eigenvalue weighted by molar-refractivity contribution is 0.475. The zero-order chi connectivity index (χ0) is 14.9. The molecule has 0 aliphatic rings. The predicted molar refractivity (Wildman–Crippen MR) is 81.6 cm³/mol. The van der Waals surface area contributed by atoms with E-state index in [0.717, 1.165) is 22.3 Å². The number of benzene rings is 1. The maximum Gasteiger partial charge on any atom is 0.129 e. The Labute approximate surface area is 123 Å². The SMILES string of the molecule is CC=C(C)c1c(-c2ccc(O)cc2)c(Cl)n(C)c1C#N. The second-order valence-electron chi connectivity index (χ2n) is 4.58. The van der Waals surface area contributed by atoms with Crippen molar-refractivity contribution >= 4 is 17.2 Å². The first-order valence-electron chi connectivity index (χ1n) is 6.22. The molecule has 0 spiro atoms. The lowest BCUT2D eigenvalue weighted by atomic mass is 9.97. The van der Waals surface area contributed by atoms with Crippen LogP contribution in [-0.4, -0.2) is 9.67 Å². The third-order valence-electron chi connectivity index (χ3n) is 3.41. The van der Waals surface area contributed by atoms with Gasteiger partial charge in [0.2, 0.25) is 0 Å². The summed E-state index contributed by atoms with van der Waals surface area (Å²) >= 11 is 6.40. The molecular weight excluding hydrogens is 272 g/mol. The third kappa shape index (κ3) is 2.19. The average Bonchev–Trinajstić information content (AvgIpc) is 2.71. The fourth-order valence-corrected chi connectivity index (χ4v) is 2.49. The van der Waals surface area contributed by atoms with E-state index in [1.165, 1.54) is 0 Å². The minimum Gasteiger partial charge on any atom is -0.508 e. The number of rotatable bonds is 2. The maximum atomic E-state index is 9.40. The Bertz CT molecular complexity index is 718. The highest BCUT2D eigenvalue weighted by Crippen LogP contribution is 2.39. The van der Waals surface area contributed by atoms with E-state index in [0.29, 0.717) is 10.8 Å². The van der Waals surface area contributed by atoms with E-state index in [1.807, 2.05) is 19.9 Å². The van der Waals surface area contributed by atoms with E-state index >= 15 is 0 Å². The molecule has 1 N–H and O–H groups in total. The van der Waals surface area contributed by atoms with Crippen molar-refractivity contribution in [2.24, 2.45) is 7.05 Å². The second-order valence-corrected chi connectivity index (χ2v) is 4.94. The largest absolute Gasteiger partial charge is 0.508 e. The number of aromatic hydroxyl groups is 1. The smallest absolute Gasteiger partial charge is 0.129 e. The van der Waals surface area contributed by atoms with Crippen LogP contribution in [0.25, 0.3) is 16.7 Å². The summed E-state index contributed by atoms with van der Waals surface area (Å²) in [6.07, 6.45) is 1.95. The molecule has 0 fully saturated rings. The summed E-state index contributed by atoms with van der Waals surface area (Å²) in [5.41, 5.74) is 4.07. The van der Waals surface area contributed by atoms with E-state index in [2.05, 4.69) is 6.07 Å². The van der Waals surface area contributed by atoms with E-state index in [4.69, 9.17) is 11.6 Å². The van der Waals surface area contributed by atoms with Crippen molar-refractivity contribution in [1.82, 2.24) is 4.57 Å². The molecule has 1 heterocycles. The molecule has 0 saturated carbocycles. The lowest BCUT2D eigenvalue weighted by Crippen LogP contribution is -1.93. The number of hydrogen-bond acceptors (Lipinski definition) is 2. The Morgan fingerprint density at radius 3 is 2.45 bits per heavy atom. The standard InChI is InChI=1S/C16H15ClN2O/c1-4-10(2)14-13(9-18)19(3)16(17)15(14)11-5-7-12(20)8-6-11/h4-8,20H,1-3H3. The molecule has 2 aromatic rings. The molecule has 3 nitrogen and oxygen atoms in total. The van der Waals surface area contributed by atoms with Gasteiger partial charge >= 0.3 is 0 Å². The summed E-state index contributed by atoms with van der Waals surface area (Å²) < 4.78 is 1.69. The van der Waals surface area contributed by atoms with Crippen LogP contribution in [0, 0.1) is 11.3 Å². The molecule has 4 heteroatoms. The van der Waals surface area contributed by atoms with Gasteiger partial charge in [0.25, 0.3) is 0 Å². The summed E-state index contributed by atoms with van der Waals surface area (Å²) in [6, 6.07) is 9.02. The number of allylic oxidation sites excluding steroid dienone is 2. The molecule has 0 atom stereocenters. The normalized spacial score (nSPS) is 11.4. The molecule has 0 radical (unpaired) electrons. The quantitative estimate of drug-likeness (QED) is 0.892. The molecule has 0 unspecified atom stereocenters. The molecule has 0 bridgehead atoms. The first kappa shape index (κ1) is 14.2. The molecule has 1 aromatic carbocycles. The molecule has 2 rings (SSSR count). The van der Waals surface area contributed by atoms with Gasteiger partial charge in [0.1, 0.15) is 22.7 Å². The number of nitriles is 1. The van der Waals surface area contributed by atoms with Crippen LogP contribution in [0.2, 0.25) is 5.15 Å². The fraction of sp³-hybridized carbons (Fsp3) is 0.188. The van der Waals surface area contributed by atoms with Crippen molar-refractivity contribution in [1.29, 1.82) is 5.26 Å². The van der Waals surface area contributed by atoms with E-state index in [9.17, 15) is 10.4 Å². The number of halogens is 1. The van der Waals surface area contributed by atoms with Crippen molar-refractivity contribution in [3.05, 3.63) is 46.8 Å². The number of hydrogen-bond donors (Lipinski definition) is 1. The van der Waals surface area contributed by atoms with Gasteiger partial charge in [-0.2, -0.15) is 5.26 Å². The Morgan fingerprint density at radius 1 is 1.35 bits per heavy atom. The van der Waals surface area contributed by atoms with E-state index in [-0.39, 0.29) is 5.75 Å². The average molecular weight is 287 g/mol. The van der Waals surface area contributed by atoms with Gasteiger partial charge in [0.15, 0.2) is 0 Å². The second kappa shape index (κ2) is 5.44. The van der Waals surface area contributed by atoms with Gasteiger partial charge in [-0.3, -0.25) is 0 Å². The Kier molecular flexibility index (Phi) is 3.87. The van der Waals surface area contributed by atoms with Crippen molar-refractivity contribution in [2.75, 3.05) is 0 Å². The van der Waals surface area contributed by atoms with E-state index in [1.54, 1.807) is 35.9 Å². The summed E-state index contributed by atoms with van der Waals surface area (Å²) in [4.78, 5) is 0. The van der Waals surface area contributed by atoms with Crippen LogP contribution < -0.4 is 0 Å². The Hall–Kier alpha value is -2.18. The molecule has 1 aromatic heterocycles. The zero-order valence-corrected chi connectivity index (χ0v) is 12.4. The van der Waals surface area contributed by atoms with Crippen LogP contribution in [0.15, 0.2) is 30.3 Å². The summed E-state index contributed by atoms with van der Waals surface area (Å²) in [5.74, 6) is 0.200. The van der Waals surface area contributed by atoms with Gasteiger partial charge in [-0.25, -0.2) is 0 Å². The fourth-order valence-electron chi connectivity index (χ4n) is 2.21. The molecule has 20 heavy (non-hydrogen) atoms. The molecule has 102 valence electrons. The van der Waals surface area contributed by atoms with Crippen LogP contribution in [-0.2, 0) is 7.05 Å². The third-order valence-corrected chi connectivity index (χ3v) is 3.85. The van der Waals surface area contributed by atoms with E-state index < -0.39 is 0 Å². The van der Waals surface area contributed by atoms with Crippen molar-refractivity contribution in [3.8, 4) is 22.9 Å². The Morgan fingerprint density at radius 2 is 1.95 bits per heavy atom. The topological polar surface area (TPSA) is 49.0 Å². The minimum absolute atomic E-state index is 0.200. The van der Waals surface area contributed by atoms with Crippen LogP contribution >= 0.6 is 11.6 Å². The molecule has 0 aliphatic carbocycles. The molecule has 0 amide bonds. The molecule has 0 aliphatic heterocycles. The predicted octanol–water partition coefficient (Wildman–Crippen LogP) is 4.35. The van der Waals surface area contributed by atoms with Crippen LogP contribution in [0.3, 0.4) is 0 Å². The highest BCUT2D eigenvalue weighted by molar-refractivity contribution is 6.33. The van der Waals surface area contributed by atoms with Gasteiger partial charge in [-0.1, -0.05) is 29.8 Å². The monoisotopic (exact) mass is 286 g/mol. The van der Waals surface area contributed by atoms with Crippen molar-refractivity contribution in [3.63, 3.8) is 0 Å². The van der Waals surface area contributed by atoms with Crippen LogP contribution in [0.4, 0.5) is 0 Å². The minimum atomic E-state index is 0.200. The van der Waals surface area contributed by atoms with Crippen molar-refractivity contribution < 1.29 is 5.11 Å². The van der Waals surface area contributed by atoms with Crippen LogP contribution in [0.5, 0.6) is 5.75 Å². The number of aromatic nitrogens is 1. The highest BCUT2D eigenvalue weighted by Gasteiger charge is 2.21. The van der Waals surface area contributed by atoms with Gasteiger partial charge in [-0.05, 0) is 37.1 Å². The molecule has 0 saturated heterocycles. The highest BCUT2D eigenvalue weighted by atomic mass is 35.5. The van der Waals surface area contributed by atoms with Crippen molar-refractivity contribution in [2.45, 2.75) is 13.8 Å². The summed E-state index contributed by atoms with van der Waals surface area (Å²) in [7, 11) is 1.78. The number of phenols is 1. The lowest BCUT2D eigenvalue weighted by Gasteiger charge is -2.06. The van der Waals surface area contributed by atoms with Gasteiger partial charge in [0, 0.05) is 18.2 Å². The van der Waals surface area contributed by atoms with Crippen LogP contribution in [0.1, 0.15) is 25.1 Å². The Balaban J connectivity index is 2.82. The summed E-state index contributed by atoms with van der Waals surface area (Å²) in [5, 5.41) is 19.3. The number of phenolic OH excluding ortho intramolecular Hbond substituents is 1. The zero-order valence-electron chi connectivity index (χ0n) is 11.6. The molecular formula is C16H15ClN2O. The number of nitrogens with zero attached hydrogens (tertiary/aromatic N) is 2.